The molecule has 2 aromatic carbocycles. The normalized spacial score (nSPS) is 16.5. The summed E-state index contributed by atoms with van der Waals surface area (Å²) in [6.45, 7) is 4.52. The molecule has 0 N–H and O–H groups in total. The Labute approximate surface area is 179 Å². The zero-order chi connectivity index (χ0) is 20.4. The van der Waals surface area contributed by atoms with E-state index in [1.165, 1.54) is 23.3 Å². The number of halogens is 2. The van der Waals surface area contributed by atoms with Crippen LogP contribution in [0.4, 0.5) is 4.39 Å². The van der Waals surface area contributed by atoms with Crippen LogP contribution in [0, 0.1) is 12.7 Å². The van der Waals surface area contributed by atoms with Gasteiger partial charge in [0.15, 0.2) is 0 Å². The van der Waals surface area contributed by atoms with Crippen LogP contribution in [0.15, 0.2) is 71.3 Å². The maximum atomic E-state index is 13.4. The van der Waals surface area contributed by atoms with Crippen molar-refractivity contribution in [2.45, 2.75) is 33.0 Å². The molecule has 0 fully saturated rings. The summed E-state index contributed by atoms with van der Waals surface area (Å²) in [6, 6.07) is 14.8. The molecule has 1 aliphatic carbocycles. The van der Waals surface area contributed by atoms with E-state index in [-0.39, 0.29) is 11.9 Å². The molecule has 29 heavy (non-hydrogen) atoms. The maximum Gasteiger partial charge on any atom is 0.123 e. The highest BCUT2D eigenvalue weighted by Crippen LogP contribution is 2.37. The molecule has 1 heterocycles. The number of ether oxygens (including phenoxy) is 1. The second kappa shape index (κ2) is 8.62. The predicted octanol–water partition coefficient (Wildman–Crippen LogP) is 7.28. The Morgan fingerprint density at radius 3 is 2.45 bits per heavy atom. The first kappa shape index (κ1) is 20.0. The number of aromatic nitrogens is 1. The fourth-order valence-electron chi connectivity index (χ4n) is 3.31. The largest absolute Gasteiger partial charge is 0.367 e. The Hall–Kier alpha value is -2.27. The summed E-state index contributed by atoms with van der Waals surface area (Å²) in [7, 11) is 0. The van der Waals surface area contributed by atoms with Gasteiger partial charge in [0.1, 0.15) is 10.8 Å². The minimum absolute atomic E-state index is 0.0477. The van der Waals surface area contributed by atoms with Gasteiger partial charge in [-0.15, -0.1) is 11.3 Å². The molecule has 0 aliphatic heterocycles. The summed E-state index contributed by atoms with van der Waals surface area (Å²) in [5.74, 6) is -0.256. The third kappa shape index (κ3) is 4.84. The van der Waals surface area contributed by atoms with E-state index in [0.29, 0.717) is 11.6 Å². The van der Waals surface area contributed by atoms with Gasteiger partial charge in [0, 0.05) is 10.6 Å². The topological polar surface area (TPSA) is 22.1 Å². The number of hydrogen-bond donors (Lipinski definition) is 0. The molecule has 2 nitrogen and oxygen atoms in total. The highest BCUT2D eigenvalue weighted by molar-refractivity contribution is 7.15. The van der Waals surface area contributed by atoms with E-state index in [9.17, 15) is 4.39 Å². The van der Waals surface area contributed by atoms with Crippen molar-refractivity contribution in [1.82, 2.24) is 4.98 Å². The van der Waals surface area contributed by atoms with Gasteiger partial charge in [-0.05, 0) is 62.2 Å². The third-order valence-corrected chi connectivity index (χ3v) is 6.09. The van der Waals surface area contributed by atoms with Crippen LogP contribution in [0.2, 0.25) is 0 Å². The van der Waals surface area contributed by atoms with Gasteiger partial charge in [0.25, 0.3) is 0 Å². The van der Waals surface area contributed by atoms with Crippen molar-refractivity contribution in [2.75, 3.05) is 0 Å². The van der Waals surface area contributed by atoms with E-state index in [4.69, 9.17) is 21.3 Å². The second-order valence-corrected chi connectivity index (χ2v) is 8.77. The molecule has 0 bridgehead atoms. The van der Waals surface area contributed by atoms with Crippen LogP contribution < -0.4 is 0 Å². The standard InChI is InChI=1S/C24H21ClFNOS/c1-15-3-5-18(6-4-15)24-23(17-7-9-20(26)10-8-17)27-22(29-24)14-28-21-12-16(2)11-19(25)13-21/h3-11,13,21H,12,14H2,1-2H3. The van der Waals surface area contributed by atoms with Gasteiger partial charge in [-0.2, -0.15) is 0 Å². The summed E-state index contributed by atoms with van der Waals surface area (Å²) in [5, 5.41) is 1.60. The van der Waals surface area contributed by atoms with E-state index in [1.807, 2.05) is 12.2 Å². The monoisotopic (exact) mass is 425 g/mol. The summed E-state index contributed by atoms with van der Waals surface area (Å²) >= 11 is 7.77. The molecular formula is C24H21ClFNOS. The number of benzene rings is 2. The first-order valence-corrected chi connectivity index (χ1v) is 10.7. The number of nitrogens with zero attached hydrogens (tertiary/aromatic N) is 1. The molecule has 0 saturated carbocycles. The Kier molecular flexibility index (Phi) is 5.95. The second-order valence-electron chi connectivity index (χ2n) is 7.25. The molecule has 148 valence electrons. The highest BCUT2D eigenvalue weighted by atomic mass is 35.5. The van der Waals surface area contributed by atoms with Gasteiger partial charge in [0.05, 0.1) is 23.3 Å². The van der Waals surface area contributed by atoms with Gasteiger partial charge in [-0.1, -0.05) is 47.0 Å². The third-order valence-electron chi connectivity index (χ3n) is 4.78. The van der Waals surface area contributed by atoms with E-state index in [1.54, 1.807) is 23.5 Å². The zero-order valence-electron chi connectivity index (χ0n) is 16.3. The lowest BCUT2D eigenvalue weighted by Gasteiger charge is -2.17. The molecule has 1 unspecified atom stereocenters. The Balaban J connectivity index is 1.63. The van der Waals surface area contributed by atoms with Crippen LogP contribution >= 0.6 is 22.9 Å². The van der Waals surface area contributed by atoms with Crippen LogP contribution in [-0.2, 0) is 11.3 Å². The molecule has 3 aromatic rings. The van der Waals surface area contributed by atoms with Crippen molar-refractivity contribution in [3.63, 3.8) is 0 Å². The van der Waals surface area contributed by atoms with Crippen molar-refractivity contribution >= 4 is 22.9 Å². The zero-order valence-corrected chi connectivity index (χ0v) is 17.9. The smallest absolute Gasteiger partial charge is 0.123 e. The lowest BCUT2D eigenvalue weighted by molar-refractivity contribution is 0.0712. The molecule has 0 spiro atoms. The molecule has 0 radical (unpaired) electrons. The molecule has 5 heteroatoms. The lowest BCUT2D eigenvalue weighted by Crippen LogP contribution is -2.13. The molecule has 1 aliphatic rings. The van der Waals surface area contributed by atoms with Crippen molar-refractivity contribution < 1.29 is 9.13 Å². The summed E-state index contributed by atoms with van der Waals surface area (Å²) in [6.07, 6.45) is 4.68. The minimum atomic E-state index is -0.256. The quantitative estimate of drug-likeness (QED) is 0.428. The Morgan fingerprint density at radius 2 is 1.76 bits per heavy atom. The fraction of sp³-hybridized carbons (Fsp3) is 0.208. The van der Waals surface area contributed by atoms with E-state index in [2.05, 4.69) is 38.1 Å². The molecule has 0 amide bonds. The molecular weight excluding hydrogens is 405 g/mol. The number of allylic oxidation sites excluding steroid dienone is 2. The van der Waals surface area contributed by atoms with Crippen molar-refractivity contribution in [1.29, 1.82) is 0 Å². The van der Waals surface area contributed by atoms with Crippen molar-refractivity contribution in [2.24, 2.45) is 0 Å². The van der Waals surface area contributed by atoms with Gasteiger partial charge in [-0.3, -0.25) is 0 Å². The molecule has 0 saturated heterocycles. The Morgan fingerprint density at radius 1 is 1.07 bits per heavy atom. The Bertz CT molecular complexity index is 1000. The number of rotatable bonds is 5. The van der Waals surface area contributed by atoms with E-state index in [0.717, 1.165) is 33.1 Å². The van der Waals surface area contributed by atoms with Gasteiger partial charge in [0.2, 0.25) is 0 Å². The lowest BCUT2D eigenvalue weighted by atomic mass is 10.0. The van der Waals surface area contributed by atoms with Gasteiger partial charge in [-0.25, -0.2) is 9.37 Å². The van der Waals surface area contributed by atoms with Crippen molar-refractivity contribution in [3.05, 3.63) is 87.7 Å². The summed E-state index contributed by atoms with van der Waals surface area (Å²) < 4.78 is 19.5. The number of aryl methyl sites for hydroxylation is 1. The predicted molar refractivity (Wildman–Crippen MR) is 119 cm³/mol. The first-order valence-electron chi connectivity index (χ1n) is 9.47. The van der Waals surface area contributed by atoms with Gasteiger partial charge < -0.3 is 4.74 Å². The van der Waals surface area contributed by atoms with Crippen LogP contribution in [0.1, 0.15) is 23.9 Å². The average molecular weight is 426 g/mol. The molecule has 1 atom stereocenters. The average Bonchev–Trinajstić information content (AvgIpc) is 3.11. The SMILES string of the molecule is CC1=CC(Cl)=CC(OCc2nc(-c3ccc(F)cc3)c(-c3ccc(C)cc3)s2)C1. The van der Waals surface area contributed by atoms with E-state index < -0.39 is 0 Å². The van der Waals surface area contributed by atoms with Crippen LogP contribution in [-0.4, -0.2) is 11.1 Å². The number of hydrogen-bond acceptors (Lipinski definition) is 3. The summed E-state index contributed by atoms with van der Waals surface area (Å²) in [5.41, 5.74) is 5.25. The highest BCUT2D eigenvalue weighted by Gasteiger charge is 2.18. The van der Waals surface area contributed by atoms with Gasteiger partial charge >= 0.3 is 0 Å². The van der Waals surface area contributed by atoms with Crippen LogP contribution in [0.5, 0.6) is 0 Å². The summed E-state index contributed by atoms with van der Waals surface area (Å²) in [4.78, 5) is 5.89. The van der Waals surface area contributed by atoms with E-state index >= 15 is 0 Å². The maximum absolute atomic E-state index is 13.4. The number of thiazole rings is 1. The molecule has 4 rings (SSSR count). The minimum Gasteiger partial charge on any atom is -0.367 e. The molecule has 1 aromatic heterocycles. The fourth-order valence-corrected chi connectivity index (χ4v) is 4.65. The first-order chi connectivity index (χ1) is 14.0. The van der Waals surface area contributed by atoms with Crippen LogP contribution in [0.25, 0.3) is 21.7 Å². The van der Waals surface area contributed by atoms with Crippen molar-refractivity contribution in [3.8, 4) is 21.7 Å². The van der Waals surface area contributed by atoms with Crippen LogP contribution in [0.3, 0.4) is 0 Å².